The van der Waals surface area contributed by atoms with Crippen molar-refractivity contribution in [1.82, 2.24) is 5.01 Å². The highest BCUT2D eigenvalue weighted by Gasteiger charge is 2.32. The topological polar surface area (TPSA) is 75.8 Å². The Bertz CT molecular complexity index is 832. The van der Waals surface area contributed by atoms with Crippen molar-refractivity contribution in [3.8, 4) is 0 Å². The van der Waals surface area contributed by atoms with Gasteiger partial charge in [0.25, 0.3) is 5.69 Å². The van der Waals surface area contributed by atoms with Crippen molar-refractivity contribution < 1.29 is 9.72 Å². The summed E-state index contributed by atoms with van der Waals surface area (Å²) >= 11 is 5.93. The van der Waals surface area contributed by atoms with E-state index in [0.717, 1.165) is 16.8 Å². The van der Waals surface area contributed by atoms with Crippen LogP contribution in [0.2, 0.25) is 5.02 Å². The van der Waals surface area contributed by atoms with Gasteiger partial charge in [-0.1, -0.05) is 42.8 Å². The lowest BCUT2D eigenvalue weighted by molar-refractivity contribution is -0.384. The van der Waals surface area contributed by atoms with E-state index in [0.29, 0.717) is 17.9 Å². The number of carbonyl (C=O) groups excluding carboxylic acids is 1. The van der Waals surface area contributed by atoms with E-state index in [1.165, 1.54) is 17.1 Å². The number of rotatable bonds is 4. The number of nitro benzene ring substituents is 1. The molecular formula is C18H16ClN3O3. The molecule has 1 heterocycles. The number of amides is 1. The van der Waals surface area contributed by atoms with Crippen molar-refractivity contribution in [2.75, 3.05) is 0 Å². The van der Waals surface area contributed by atoms with Crippen LogP contribution in [0.4, 0.5) is 5.69 Å². The quantitative estimate of drug-likeness (QED) is 0.603. The van der Waals surface area contributed by atoms with E-state index < -0.39 is 4.92 Å². The van der Waals surface area contributed by atoms with E-state index in [1.54, 1.807) is 31.2 Å². The first-order valence-corrected chi connectivity index (χ1v) is 8.27. The number of benzene rings is 2. The number of nitro groups is 1. The first-order valence-electron chi connectivity index (χ1n) is 7.89. The second-order valence-electron chi connectivity index (χ2n) is 5.71. The molecule has 0 aliphatic carbocycles. The zero-order valence-electron chi connectivity index (χ0n) is 13.6. The van der Waals surface area contributed by atoms with Crippen molar-refractivity contribution >= 4 is 28.9 Å². The summed E-state index contributed by atoms with van der Waals surface area (Å²) in [6.07, 6.45) is 0.881. The summed E-state index contributed by atoms with van der Waals surface area (Å²) < 4.78 is 0. The Morgan fingerprint density at radius 2 is 1.88 bits per heavy atom. The first kappa shape index (κ1) is 17.1. The average molecular weight is 358 g/mol. The van der Waals surface area contributed by atoms with Crippen molar-refractivity contribution in [2.45, 2.75) is 25.8 Å². The molecule has 0 unspecified atom stereocenters. The molecule has 25 heavy (non-hydrogen) atoms. The van der Waals surface area contributed by atoms with Crippen molar-refractivity contribution in [1.29, 1.82) is 0 Å². The Hall–Kier alpha value is -2.73. The summed E-state index contributed by atoms with van der Waals surface area (Å²) in [6.45, 7) is 1.78. The molecule has 0 radical (unpaired) electrons. The third kappa shape index (κ3) is 3.53. The van der Waals surface area contributed by atoms with Gasteiger partial charge in [-0.3, -0.25) is 14.9 Å². The number of nitrogens with zero attached hydrogens (tertiary/aromatic N) is 3. The lowest BCUT2D eigenvalue weighted by Crippen LogP contribution is -2.26. The van der Waals surface area contributed by atoms with Crippen LogP contribution >= 0.6 is 11.6 Å². The smallest absolute Gasteiger partial charge is 0.269 e. The maximum absolute atomic E-state index is 12.3. The van der Waals surface area contributed by atoms with Crippen molar-refractivity contribution in [3.05, 3.63) is 74.8 Å². The van der Waals surface area contributed by atoms with Gasteiger partial charge in [0.1, 0.15) is 0 Å². The van der Waals surface area contributed by atoms with E-state index in [1.807, 2.05) is 12.1 Å². The number of hydrogen-bond donors (Lipinski definition) is 0. The fourth-order valence-corrected chi connectivity index (χ4v) is 2.92. The Labute approximate surface area is 149 Å². The number of halogens is 1. The van der Waals surface area contributed by atoms with Crippen LogP contribution in [0.1, 0.15) is 36.9 Å². The first-order chi connectivity index (χ1) is 12.0. The molecule has 2 aromatic rings. The standard InChI is InChI=1S/C18H16ClN3O3/c1-2-18(23)21-17(13-5-9-15(10-6-13)22(24)25)11-16(20-21)12-3-7-14(19)8-4-12/h3-10,17H,2,11H2,1H3/t17-/m1/s1. The fourth-order valence-electron chi connectivity index (χ4n) is 2.80. The molecule has 0 saturated carbocycles. The lowest BCUT2D eigenvalue weighted by atomic mass is 9.98. The van der Waals surface area contributed by atoms with Crippen molar-refractivity contribution in [3.63, 3.8) is 0 Å². The number of carbonyl (C=O) groups is 1. The maximum atomic E-state index is 12.3. The molecule has 7 heteroatoms. The molecule has 0 saturated heterocycles. The molecule has 0 fully saturated rings. The van der Waals surface area contributed by atoms with Crippen LogP contribution in [0.3, 0.4) is 0 Å². The monoisotopic (exact) mass is 357 g/mol. The molecule has 2 aromatic carbocycles. The van der Waals surface area contributed by atoms with Crippen LogP contribution in [0.25, 0.3) is 0 Å². The third-order valence-corrected chi connectivity index (χ3v) is 4.39. The van der Waals surface area contributed by atoms with Crippen LogP contribution in [0, 0.1) is 10.1 Å². The molecule has 6 nitrogen and oxygen atoms in total. The number of hydrogen-bond acceptors (Lipinski definition) is 4. The zero-order chi connectivity index (χ0) is 18.0. The van der Waals surface area contributed by atoms with Gasteiger partial charge in [-0.2, -0.15) is 5.10 Å². The predicted octanol–water partition coefficient (Wildman–Crippen LogP) is 4.34. The molecule has 1 amide bonds. The van der Waals surface area contributed by atoms with Gasteiger partial charge < -0.3 is 0 Å². The van der Waals surface area contributed by atoms with Gasteiger partial charge in [0.05, 0.1) is 16.7 Å². The SMILES string of the molecule is CCC(=O)N1N=C(c2ccc(Cl)cc2)C[C@@H]1c1ccc([N+](=O)[O-])cc1. The van der Waals surface area contributed by atoms with Gasteiger partial charge >= 0.3 is 0 Å². The summed E-state index contributed by atoms with van der Waals surface area (Å²) in [5.41, 5.74) is 2.54. The minimum Gasteiger partial charge on any atom is -0.273 e. The van der Waals surface area contributed by atoms with Crippen LogP contribution in [-0.2, 0) is 4.79 Å². The van der Waals surface area contributed by atoms with E-state index in [4.69, 9.17) is 11.6 Å². The molecule has 0 spiro atoms. The summed E-state index contributed by atoms with van der Waals surface area (Å²) in [4.78, 5) is 22.7. The largest absolute Gasteiger partial charge is 0.273 e. The molecular weight excluding hydrogens is 342 g/mol. The molecule has 3 rings (SSSR count). The molecule has 128 valence electrons. The van der Waals surface area contributed by atoms with Crippen LogP contribution in [-0.4, -0.2) is 21.6 Å². The van der Waals surface area contributed by atoms with Gasteiger partial charge in [0.15, 0.2) is 0 Å². The molecule has 0 N–H and O–H groups in total. The van der Waals surface area contributed by atoms with Crippen LogP contribution < -0.4 is 0 Å². The summed E-state index contributed by atoms with van der Waals surface area (Å²) in [5.74, 6) is -0.0904. The van der Waals surface area contributed by atoms with Crippen LogP contribution in [0.15, 0.2) is 53.6 Å². The molecule has 0 aromatic heterocycles. The molecule has 1 aliphatic rings. The number of hydrazone groups is 1. The highest BCUT2D eigenvalue weighted by Crippen LogP contribution is 2.34. The van der Waals surface area contributed by atoms with Gasteiger partial charge in [0.2, 0.25) is 5.91 Å². The Balaban J connectivity index is 1.92. The van der Waals surface area contributed by atoms with E-state index >= 15 is 0 Å². The summed E-state index contributed by atoms with van der Waals surface area (Å²) in [5, 5.41) is 17.4. The van der Waals surface area contributed by atoms with Gasteiger partial charge in [-0.05, 0) is 23.3 Å². The van der Waals surface area contributed by atoms with Crippen molar-refractivity contribution in [2.24, 2.45) is 5.10 Å². The normalized spacial score (nSPS) is 16.6. The van der Waals surface area contributed by atoms with E-state index in [9.17, 15) is 14.9 Å². The van der Waals surface area contributed by atoms with Gasteiger partial charge in [0, 0.05) is 30.0 Å². The Morgan fingerprint density at radius 1 is 1.24 bits per heavy atom. The van der Waals surface area contributed by atoms with E-state index in [-0.39, 0.29) is 17.6 Å². The summed E-state index contributed by atoms with van der Waals surface area (Å²) in [6, 6.07) is 13.3. The Kier molecular flexibility index (Phi) is 4.81. The zero-order valence-corrected chi connectivity index (χ0v) is 14.3. The number of non-ortho nitro benzene ring substituents is 1. The van der Waals surface area contributed by atoms with Gasteiger partial charge in [-0.25, -0.2) is 5.01 Å². The minimum atomic E-state index is -0.441. The molecule has 1 atom stereocenters. The van der Waals surface area contributed by atoms with Crippen LogP contribution in [0.5, 0.6) is 0 Å². The fraction of sp³-hybridized carbons (Fsp3) is 0.222. The lowest BCUT2D eigenvalue weighted by Gasteiger charge is -2.21. The second-order valence-corrected chi connectivity index (χ2v) is 6.15. The second kappa shape index (κ2) is 7.03. The predicted molar refractivity (Wildman–Crippen MR) is 95.6 cm³/mol. The highest BCUT2D eigenvalue weighted by molar-refractivity contribution is 6.30. The minimum absolute atomic E-state index is 0.0222. The maximum Gasteiger partial charge on any atom is 0.269 e. The van der Waals surface area contributed by atoms with Gasteiger partial charge in [-0.15, -0.1) is 0 Å². The molecule has 1 aliphatic heterocycles. The Morgan fingerprint density at radius 3 is 2.44 bits per heavy atom. The third-order valence-electron chi connectivity index (χ3n) is 4.13. The van der Waals surface area contributed by atoms with E-state index in [2.05, 4.69) is 5.10 Å². The highest BCUT2D eigenvalue weighted by atomic mass is 35.5. The average Bonchev–Trinajstić information content (AvgIpc) is 3.07. The summed E-state index contributed by atoms with van der Waals surface area (Å²) in [7, 11) is 0. The molecule has 0 bridgehead atoms.